The first-order valence-corrected chi connectivity index (χ1v) is 14.2. The summed E-state index contributed by atoms with van der Waals surface area (Å²) in [6.07, 6.45) is 4.33. The summed E-state index contributed by atoms with van der Waals surface area (Å²) in [7, 11) is 0. The smallest absolute Gasteiger partial charge is 0.146 e. The first kappa shape index (κ1) is 26.3. The number of nitrogens with zero attached hydrogens (tertiary/aromatic N) is 3. The van der Waals surface area contributed by atoms with Crippen LogP contribution in [0.15, 0.2) is 137 Å². The van der Waals surface area contributed by atoms with Gasteiger partial charge in [-0.05, 0) is 65.6 Å². The number of aryl methyl sites for hydroxylation is 1. The largest absolute Gasteiger partial charge is 0.263 e. The van der Waals surface area contributed by atoms with Crippen molar-refractivity contribution in [1.82, 2.24) is 4.98 Å². The lowest BCUT2D eigenvalue weighted by Gasteiger charge is -2.18. The van der Waals surface area contributed by atoms with E-state index in [2.05, 4.69) is 136 Å². The van der Waals surface area contributed by atoms with Gasteiger partial charge in [-0.3, -0.25) is 9.98 Å². The number of rotatable bonds is 6. The maximum Gasteiger partial charge on any atom is 0.146 e. The molecule has 0 spiro atoms. The standard InChI is InChI=1S/C38H33N3/c1-26-14-10-12-20-33(26)34(23-28(3)39-38-27(2)22-31-19-11-13-21-35(31)41-38)32-24-36(29-15-6-4-7-16-29)40-37(25-32)30-17-8-5-9-18-30/h4-25,27,38H,1-3H3/b34-23-,39-28+. The molecule has 6 rings (SSSR count). The van der Waals surface area contributed by atoms with Crippen molar-refractivity contribution in [2.24, 2.45) is 15.9 Å². The molecule has 200 valence electrons. The zero-order valence-corrected chi connectivity index (χ0v) is 23.7. The summed E-state index contributed by atoms with van der Waals surface area (Å²) in [5, 5.41) is 2.18. The second-order valence-electron chi connectivity index (χ2n) is 10.6. The Bertz CT molecular complexity index is 1810. The molecule has 3 heteroatoms. The molecule has 1 aromatic heterocycles. The molecule has 4 aromatic carbocycles. The van der Waals surface area contributed by atoms with Crippen LogP contribution < -0.4 is 10.6 Å². The van der Waals surface area contributed by atoms with E-state index in [1.165, 1.54) is 16.3 Å². The maximum absolute atomic E-state index is 5.12. The van der Waals surface area contributed by atoms with E-state index in [0.717, 1.165) is 44.7 Å². The molecule has 0 aliphatic carbocycles. The molecule has 0 fully saturated rings. The van der Waals surface area contributed by atoms with E-state index in [0.29, 0.717) is 0 Å². The van der Waals surface area contributed by atoms with Gasteiger partial charge in [-0.1, -0.05) is 116 Å². The topological polar surface area (TPSA) is 37.6 Å². The predicted octanol–water partition coefficient (Wildman–Crippen LogP) is 7.69. The van der Waals surface area contributed by atoms with Gasteiger partial charge in [0, 0.05) is 22.8 Å². The molecule has 2 unspecified atom stereocenters. The zero-order chi connectivity index (χ0) is 28.2. The molecule has 5 aromatic rings. The van der Waals surface area contributed by atoms with Crippen LogP contribution in [0.4, 0.5) is 0 Å². The van der Waals surface area contributed by atoms with Crippen LogP contribution >= 0.6 is 0 Å². The minimum Gasteiger partial charge on any atom is -0.263 e. The van der Waals surface area contributed by atoms with E-state index >= 15 is 0 Å². The second-order valence-corrected chi connectivity index (χ2v) is 10.6. The molecule has 0 saturated heterocycles. The monoisotopic (exact) mass is 531 g/mol. The lowest BCUT2D eigenvalue weighted by Crippen LogP contribution is -2.34. The SMILES string of the molecule is CC(/C=C(/c1cc(-c2ccccc2)nc(-c2ccccc2)c1)c1ccccc1C)=N\C1N=c2ccccc2=CC1C. The number of benzene rings is 4. The van der Waals surface area contributed by atoms with Crippen LogP contribution in [0.25, 0.3) is 34.2 Å². The van der Waals surface area contributed by atoms with E-state index < -0.39 is 0 Å². The molecule has 0 N–H and O–H groups in total. The van der Waals surface area contributed by atoms with E-state index in [1.807, 2.05) is 18.2 Å². The predicted molar refractivity (Wildman–Crippen MR) is 171 cm³/mol. The lowest BCUT2D eigenvalue weighted by atomic mass is 9.91. The fourth-order valence-electron chi connectivity index (χ4n) is 5.37. The van der Waals surface area contributed by atoms with Gasteiger partial charge in [-0.2, -0.15) is 0 Å². The van der Waals surface area contributed by atoms with Crippen molar-refractivity contribution >= 4 is 17.4 Å². The van der Waals surface area contributed by atoms with Crippen molar-refractivity contribution in [2.75, 3.05) is 0 Å². The molecule has 3 nitrogen and oxygen atoms in total. The minimum absolute atomic E-state index is 0.156. The number of allylic oxidation sites excluding steroid dienone is 1. The highest BCUT2D eigenvalue weighted by atomic mass is 15.0. The number of aliphatic imine (C=N–C) groups is 1. The van der Waals surface area contributed by atoms with Crippen LogP contribution in [-0.4, -0.2) is 16.9 Å². The van der Waals surface area contributed by atoms with Crippen LogP contribution in [0.3, 0.4) is 0 Å². The summed E-state index contributed by atoms with van der Waals surface area (Å²) in [5.74, 6) is 0.213. The fraction of sp³-hybridized carbons (Fsp3) is 0.132. The zero-order valence-electron chi connectivity index (χ0n) is 23.7. The van der Waals surface area contributed by atoms with Gasteiger partial charge >= 0.3 is 0 Å². The van der Waals surface area contributed by atoms with Crippen molar-refractivity contribution in [1.29, 1.82) is 0 Å². The van der Waals surface area contributed by atoms with Crippen molar-refractivity contribution in [3.8, 4) is 22.5 Å². The second kappa shape index (κ2) is 11.7. The Kier molecular flexibility index (Phi) is 7.51. The summed E-state index contributed by atoms with van der Waals surface area (Å²) < 4.78 is 0. The van der Waals surface area contributed by atoms with Crippen molar-refractivity contribution < 1.29 is 0 Å². The van der Waals surface area contributed by atoms with Crippen LogP contribution in [0.5, 0.6) is 0 Å². The van der Waals surface area contributed by atoms with Crippen LogP contribution in [0.1, 0.15) is 30.5 Å². The van der Waals surface area contributed by atoms with Crippen molar-refractivity contribution in [3.63, 3.8) is 0 Å². The van der Waals surface area contributed by atoms with E-state index in [-0.39, 0.29) is 12.1 Å². The Morgan fingerprint density at radius 1 is 0.732 bits per heavy atom. The van der Waals surface area contributed by atoms with Gasteiger partial charge in [0.15, 0.2) is 0 Å². The minimum atomic E-state index is -0.156. The molecule has 0 bridgehead atoms. The summed E-state index contributed by atoms with van der Waals surface area (Å²) in [6, 6.07) is 42.0. The van der Waals surface area contributed by atoms with E-state index in [9.17, 15) is 0 Å². The Hall–Kier alpha value is -4.89. The van der Waals surface area contributed by atoms with Gasteiger partial charge in [0.25, 0.3) is 0 Å². The van der Waals surface area contributed by atoms with Gasteiger partial charge in [0.1, 0.15) is 6.17 Å². The molecule has 0 saturated carbocycles. The number of aromatic nitrogens is 1. The van der Waals surface area contributed by atoms with Crippen molar-refractivity contribution in [3.05, 3.63) is 155 Å². The molecule has 2 heterocycles. The third-order valence-electron chi connectivity index (χ3n) is 7.52. The third kappa shape index (κ3) is 5.85. The molecular weight excluding hydrogens is 498 g/mol. The molecular formula is C38H33N3. The summed E-state index contributed by atoms with van der Waals surface area (Å²) in [4.78, 5) is 15.2. The van der Waals surface area contributed by atoms with Gasteiger partial charge in [0.05, 0.1) is 16.7 Å². The normalized spacial score (nSPS) is 16.9. The lowest BCUT2D eigenvalue weighted by molar-refractivity contribution is 0.565. The Labute approximate surface area is 242 Å². The molecule has 1 aliphatic rings. The number of pyridine rings is 1. The first-order valence-electron chi connectivity index (χ1n) is 14.2. The number of hydrogen-bond acceptors (Lipinski definition) is 3. The van der Waals surface area contributed by atoms with Gasteiger partial charge in [-0.25, -0.2) is 4.98 Å². The van der Waals surface area contributed by atoms with Gasteiger partial charge in [-0.15, -0.1) is 0 Å². The van der Waals surface area contributed by atoms with Gasteiger partial charge in [0.2, 0.25) is 0 Å². The summed E-state index contributed by atoms with van der Waals surface area (Å²) in [5.41, 5.74) is 9.61. The maximum atomic E-state index is 5.12. The molecule has 41 heavy (non-hydrogen) atoms. The fourth-order valence-corrected chi connectivity index (χ4v) is 5.37. The Morgan fingerprint density at radius 3 is 1.98 bits per heavy atom. The summed E-state index contributed by atoms with van der Waals surface area (Å²) >= 11 is 0. The molecule has 0 amide bonds. The highest BCUT2D eigenvalue weighted by molar-refractivity contribution is 6.03. The highest BCUT2D eigenvalue weighted by Gasteiger charge is 2.17. The van der Waals surface area contributed by atoms with Crippen molar-refractivity contribution in [2.45, 2.75) is 26.9 Å². The summed E-state index contributed by atoms with van der Waals surface area (Å²) in [6.45, 7) is 6.43. The number of fused-ring (bicyclic) bond motifs is 1. The average molecular weight is 532 g/mol. The average Bonchev–Trinajstić information content (AvgIpc) is 3.01. The molecule has 0 radical (unpaired) electrons. The molecule has 2 atom stereocenters. The molecule has 1 aliphatic heterocycles. The van der Waals surface area contributed by atoms with E-state index in [4.69, 9.17) is 15.0 Å². The highest BCUT2D eigenvalue weighted by Crippen LogP contribution is 2.32. The Morgan fingerprint density at radius 2 is 1.32 bits per heavy atom. The van der Waals surface area contributed by atoms with Crippen LogP contribution in [0, 0.1) is 12.8 Å². The van der Waals surface area contributed by atoms with Crippen LogP contribution in [0.2, 0.25) is 0 Å². The Balaban J connectivity index is 1.52. The van der Waals surface area contributed by atoms with Crippen LogP contribution in [-0.2, 0) is 0 Å². The quantitative estimate of drug-likeness (QED) is 0.207. The van der Waals surface area contributed by atoms with E-state index in [1.54, 1.807) is 0 Å². The van der Waals surface area contributed by atoms with Gasteiger partial charge < -0.3 is 0 Å². The number of para-hydroxylation sites is 1. The third-order valence-corrected chi connectivity index (χ3v) is 7.52. The first-order chi connectivity index (χ1) is 20.0. The number of hydrogen-bond donors (Lipinski definition) is 0.